The van der Waals surface area contributed by atoms with Crippen molar-refractivity contribution in [1.82, 2.24) is 0 Å². The number of anilines is 1. The second kappa shape index (κ2) is 7.46. The van der Waals surface area contributed by atoms with Gasteiger partial charge in [0, 0.05) is 11.8 Å². The Balaban J connectivity index is 2.51. The monoisotopic (exact) mass is 299 g/mol. The molecule has 1 atom stereocenters. The lowest BCUT2D eigenvalue weighted by Crippen LogP contribution is -2.33. The molecule has 0 saturated carbocycles. The number of nitrogens with zero attached hydrogens (tertiary/aromatic N) is 1. The zero-order chi connectivity index (χ0) is 15.1. The molecule has 20 heavy (non-hydrogen) atoms. The van der Waals surface area contributed by atoms with Gasteiger partial charge in [-0.3, -0.25) is 19.7 Å². The molecule has 1 rings (SSSR count). The quantitative estimate of drug-likeness (QED) is 0.497. The van der Waals surface area contributed by atoms with Gasteiger partial charge in [0.25, 0.3) is 5.69 Å². The van der Waals surface area contributed by atoms with E-state index in [0.29, 0.717) is 0 Å². The van der Waals surface area contributed by atoms with Crippen molar-refractivity contribution in [3.8, 4) is 0 Å². The summed E-state index contributed by atoms with van der Waals surface area (Å²) in [6, 6.07) is 4.72. The summed E-state index contributed by atoms with van der Waals surface area (Å²) in [5.74, 6) is -1.55. The number of carbonyl (C=O) groups excluding carboxylic acids is 1. The van der Waals surface area contributed by atoms with Gasteiger partial charge in [0.15, 0.2) is 0 Å². The highest BCUT2D eigenvalue weighted by Crippen LogP contribution is 2.23. The number of benzene rings is 1. The Hall–Kier alpha value is -2.13. The highest BCUT2D eigenvalue weighted by atomic mass is 32.2. The summed E-state index contributed by atoms with van der Waals surface area (Å²) < 4.78 is 0. The average molecular weight is 299 g/mol. The van der Waals surface area contributed by atoms with Crippen LogP contribution >= 0.6 is 11.8 Å². The number of nitrogens with one attached hydrogen (secondary N) is 1. The average Bonchev–Trinajstić information content (AvgIpc) is 2.38. The Labute approximate surface area is 118 Å². The van der Waals surface area contributed by atoms with Gasteiger partial charge in [-0.05, 0) is 6.07 Å². The van der Waals surface area contributed by atoms with Crippen molar-refractivity contribution in [2.75, 3.05) is 16.8 Å². The molecule has 1 aromatic rings. The highest BCUT2D eigenvalue weighted by molar-refractivity contribution is 8.00. The Kier molecular flexibility index (Phi) is 5.94. The van der Waals surface area contributed by atoms with Crippen molar-refractivity contribution in [2.24, 2.45) is 5.73 Å². The van der Waals surface area contributed by atoms with E-state index in [4.69, 9.17) is 10.8 Å². The van der Waals surface area contributed by atoms with Crippen LogP contribution in [0.5, 0.6) is 0 Å². The number of nitro benzene ring substituents is 1. The molecule has 0 aliphatic heterocycles. The Morgan fingerprint density at radius 1 is 1.45 bits per heavy atom. The van der Waals surface area contributed by atoms with Gasteiger partial charge in [0.1, 0.15) is 11.7 Å². The molecule has 0 aliphatic carbocycles. The van der Waals surface area contributed by atoms with Crippen molar-refractivity contribution in [1.29, 1.82) is 0 Å². The lowest BCUT2D eigenvalue weighted by Gasteiger charge is -2.07. The maximum absolute atomic E-state index is 11.6. The second-order valence-corrected chi connectivity index (χ2v) is 4.81. The first-order valence-corrected chi connectivity index (χ1v) is 6.66. The lowest BCUT2D eigenvalue weighted by atomic mass is 10.2. The molecule has 0 spiro atoms. The summed E-state index contributed by atoms with van der Waals surface area (Å²) in [6.07, 6.45) is 0. The van der Waals surface area contributed by atoms with Crippen LogP contribution in [0.25, 0.3) is 0 Å². The number of rotatable bonds is 7. The highest BCUT2D eigenvalue weighted by Gasteiger charge is 2.16. The number of para-hydroxylation sites is 2. The minimum absolute atomic E-state index is 0.0347. The molecule has 0 saturated heterocycles. The third-order valence-electron chi connectivity index (χ3n) is 2.22. The number of nitrogens with two attached hydrogens (primary N) is 1. The summed E-state index contributed by atoms with van der Waals surface area (Å²) in [4.78, 5) is 32.2. The lowest BCUT2D eigenvalue weighted by molar-refractivity contribution is -0.383. The number of nitro groups is 1. The van der Waals surface area contributed by atoms with Crippen LogP contribution in [-0.2, 0) is 9.59 Å². The molecule has 1 unspecified atom stereocenters. The molecule has 1 amide bonds. The van der Waals surface area contributed by atoms with Crippen LogP contribution in [0.15, 0.2) is 24.3 Å². The number of hydrogen-bond donors (Lipinski definition) is 3. The van der Waals surface area contributed by atoms with Crippen LogP contribution in [0.3, 0.4) is 0 Å². The summed E-state index contributed by atoms with van der Waals surface area (Å²) >= 11 is 1.04. The molecular weight excluding hydrogens is 286 g/mol. The Morgan fingerprint density at radius 3 is 2.70 bits per heavy atom. The van der Waals surface area contributed by atoms with Crippen LogP contribution in [0.1, 0.15) is 0 Å². The van der Waals surface area contributed by atoms with E-state index < -0.39 is 22.8 Å². The van der Waals surface area contributed by atoms with Crippen LogP contribution in [0.2, 0.25) is 0 Å². The summed E-state index contributed by atoms with van der Waals surface area (Å²) in [5.41, 5.74) is 5.18. The molecule has 0 aromatic heterocycles. The molecule has 0 aliphatic rings. The predicted octanol–water partition coefficient (Wildman–Crippen LogP) is 0.678. The van der Waals surface area contributed by atoms with E-state index in [0.717, 1.165) is 11.8 Å². The summed E-state index contributed by atoms with van der Waals surface area (Å²) in [5, 5.41) is 21.7. The maximum atomic E-state index is 11.6. The van der Waals surface area contributed by atoms with E-state index in [2.05, 4.69) is 5.32 Å². The van der Waals surface area contributed by atoms with E-state index in [1.165, 1.54) is 18.2 Å². The van der Waals surface area contributed by atoms with Crippen LogP contribution in [-0.4, -0.2) is 39.5 Å². The fourth-order valence-electron chi connectivity index (χ4n) is 1.27. The Morgan fingerprint density at radius 2 is 2.10 bits per heavy atom. The van der Waals surface area contributed by atoms with Gasteiger partial charge in [-0.15, -0.1) is 11.8 Å². The zero-order valence-electron chi connectivity index (χ0n) is 10.3. The van der Waals surface area contributed by atoms with E-state index in [1.807, 2.05) is 0 Å². The number of carboxylic acids is 1. The van der Waals surface area contributed by atoms with E-state index >= 15 is 0 Å². The number of aliphatic carboxylic acids is 1. The number of carbonyl (C=O) groups is 2. The fourth-order valence-corrected chi connectivity index (χ4v) is 2.05. The van der Waals surface area contributed by atoms with Crippen molar-refractivity contribution >= 4 is 35.0 Å². The van der Waals surface area contributed by atoms with Crippen molar-refractivity contribution in [3.05, 3.63) is 34.4 Å². The molecular formula is C11H13N3O5S. The third-order valence-corrected chi connectivity index (χ3v) is 3.28. The fraction of sp³-hybridized carbons (Fsp3) is 0.273. The third kappa shape index (κ3) is 4.86. The zero-order valence-corrected chi connectivity index (χ0v) is 11.1. The van der Waals surface area contributed by atoms with E-state index in [1.54, 1.807) is 6.07 Å². The molecule has 1 aromatic carbocycles. The number of carboxylic acid groups (broad SMARTS) is 1. The number of thioether (sulfide) groups is 1. The summed E-state index contributed by atoms with van der Waals surface area (Å²) in [6.45, 7) is 0. The van der Waals surface area contributed by atoms with Crippen LogP contribution in [0.4, 0.5) is 11.4 Å². The van der Waals surface area contributed by atoms with Crippen molar-refractivity contribution in [2.45, 2.75) is 6.04 Å². The van der Waals surface area contributed by atoms with E-state index in [-0.39, 0.29) is 22.9 Å². The normalized spacial score (nSPS) is 11.7. The van der Waals surface area contributed by atoms with Gasteiger partial charge in [-0.2, -0.15) is 0 Å². The van der Waals surface area contributed by atoms with Crippen LogP contribution in [0, 0.1) is 10.1 Å². The SMILES string of the molecule is NC(CSCC(=O)Nc1ccccc1[N+](=O)[O-])C(=O)O. The molecule has 0 fully saturated rings. The molecule has 8 nitrogen and oxygen atoms in total. The van der Waals surface area contributed by atoms with Gasteiger partial charge >= 0.3 is 5.97 Å². The molecule has 0 bridgehead atoms. The van der Waals surface area contributed by atoms with Crippen molar-refractivity contribution in [3.63, 3.8) is 0 Å². The molecule has 9 heteroatoms. The Bertz CT molecular complexity index is 523. The van der Waals surface area contributed by atoms with Crippen LogP contribution < -0.4 is 11.1 Å². The van der Waals surface area contributed by atoms with Gasteiger partial charge in [0.2, 0.25) is 5.91 Å². The number of amides is 1. The number of hydrogen-bond acceptors (Lipinski definition) is 6. The van der Waals surface area contributed by atoms with Gasteiger partial charge in [-0.1, -0.05) is 12.1 Å². The molecule has 4 N–H and O–H groups in total. The smallest absolute Gasteiger partial charge is 0.321 e. The summed E-state index contributed by atoms with van der Waals surface area (Å²) in [7, 11) is 0. The van der Waals surface area contributed by atoms with Gasteiger partial charge in [0.05, 0.1) is 10.7 Å². The minimum atomic E-state index is -1.14. The first-order valence-electron chi connectivity index (χ1n) is 5.51. The van der Waals surface area contributed by atoms with Crippen molar-refractivity contribution < 1.29 is 19.6 Å². The minimum Gasteiger partial charge on any atom is -0.480 e. The topological polar surface area (TPSA) is 136 Å². The standard InChI is InChI=1S/C11H13N3O5S/c12-7(11(16)17)5-20-6-10(15)13-8-3-1-2-4-9(8)14(18)19/h1-4,7H,5-6,12H2,(H,13,15)(H,16,17). The predicted molar refractivity (Wildman–Crippen MR) is 74.7 cm³/mol. The van der Waals surface area contributed by atoms with Gasteiger partial charge < -0.3 is 16.2 Å². The van der Waals surface area contributed by atoms with E-state index in [9.17, 15) is 19.7 Å². The first-order chi connectivity index (χ1) is 9.41. The van der Waals surface area contributed by atoms with Gasteiger partial charge in [-0.25, -0.2) is 0 Å². The second-order valence-electron chi connectivity index (χ2n) is 3.78. The first kappa shape index (κ1) is 15.9. The largest absolute Gasteiger partial charge is 0.480 e. The molecule has 108 valence electrons. The molecule has 0 heterocycles. The maximum Gasteiger partial charge on any atom is 0.321 e. The molecule has 0 radical (unpaired) electrons.